The molecule has 0 spiro atoms. The first kappa shape index (κ1) is 13.4. The Bertz CT molecular complexity index is 342. The minimum absolute atomic E-state index is 0.305. The number of halogens is 1. The van der Waals surface area contributed by atoms with Crippen molar-refractivity contribution in [3.8, 4) is 11.5 Å². The highest BCUT2D eigenvalue weighted by Crippen LogP contribution is 2.29. The van der Waals surface area contributed by atoms with E-state index in [-0.39, 0.29) is 0 Å². The first-order chi connectivity index (χ1) is 7.42. The van der Waals surface area contributed by atoms with Crippen LogP contribution in [0, 0.1) is 5.41 Å². The third-order valence-corrected chi connectivity index (χ3v) is 2.87. The molecular weight excluding hydrogens is 268 g/mol. The zero-order valence-corrected chi connectivity index (χ0v) is 11.9. The van der Waals surface area contributed by atoms with Crippen LogP contribution in [-0.2, 0) is 0 Å². The average Bonchev–Trinajstić information content (AvgIpc) is 2.18. The molecule has 0 N–H and O–H groups in total. The summed E-state index contributed by atoms with van der Waals surface area (Å²) >= 11 is 3.46. The fourth-order valence-electron chi connectivity index (χ4n) is 1.19. The van der Waals surface area contributed by atoms with Crippen LogP contribution in [0.25, 0.3) is 0 Å². The lowest BCUT2D eigenvalue weighted by molar-refractivity contribution is 0.241. The zero-order chi connectivity index (χ0) is 12.2. The number of ether oxygens (including phenoxy) is 2. The quantitative estimate of drug-likeness (QED) is 0.823. The maximum absolute atomic E-state index is 5.71. The number of methoxy groups -OCH3 is 1. The summed E-state index contributed by atoms with van der Waals surface area (Å²) in [5.41, 5.74) is 0.305. The fourth-order valence-corrected chi connectivity index (χ4v) is 1.67. The molecule has 0 unspecified atom stereocenters. The van der Waals surface area contributed by atoms with E-state index in [1.807, 2.05) is 18.2 Å². The van der Waals surface area contributed by atoms with Crippen LogP contribution in [0.3, 0.4) is 0 Å². The zero-order valence-electron chi connectivity index (χ0n) is 10.3. The Kier molecular flexibility index (Phi) is 4.66. The number of hydrogen-bond donors (Lipinski definition) is 0. The van der Waals surface area contributed by atoms with E-state index in [2.05, 4.69) is 36.7 Å². The van der Waals surface area contributed by atoms with Gasteiger partial charge in [0.15, 0.2) is 0 Å². The normalized spacial score (nSPS) is 11.3. The summed E-state index contributed by atoms with van der Waals surface area (Å²) < 4.78 is 11.8. The van der Waals surface area contributed by atoms with E-state index in [9.17, 15) is 0 Å². The summed E-state index contributed by atoms with van der Waals surface area (Å²) in [4.78, 5) is 0. The Morgan fingerprint density at radius 2 is 1.94 bits per heavy atom. The topological polar surface area (TPSA) is 18.5 Å². The summed E-state index contributed by atoms with van der Waals surface area (Å²) in [6, 6.07) is 5.73. The van der Waals surface area contributed by atoms with E-state index < -0.39 is 0 Å². The van der Waals surface area contributed by atoms with Crippen molar-refractivity contribution in [2.45, 2.75) is 27.2 Å². The predicted octanol–water partition coefficient (Wildman–Crippen LogP) is 4.27. The van der Waals surface area contributed by atoms with Gasteiger partial charge in [-0.3, -0.25) is 0 Å². The van der Waals surface area contributed by atoms with Crippen LogP contribution in [-0.4, -0.2) is 13.7 Å². The Labute approximate surface area is 106 Å². The van der Waals surface area contributed by atoms with Gasteiger partial charge in [-0.05, 0) is 46.0 Å². The van der Waals surface area contributed by atoms with Crippen molar-refractivity contribution in [2.24, 2.45) is 5.41 Å². The van der Waals surface area contributed by atoms with Crippen LogP contribution in [0.1, 0.15) is 27.2 Å². The molecule has 0 atom stereocenters. The monoisotopic (exact) mass is 286 g/mol. The Hall–Kier alpha value is -0.700. The summed E-state index contributed by atoms with van der Waals surface area (Å²) in [7, 11) is 1.65. The Balaban J connectivity index is 2.55. The molecule has 16 heavy (non-hydrogen) atoms. The van der Waals surface area contributed by atoms with Gasteiger partial charge in [-0.2, -0.15) is 0 Å². The van der Waals surface area contributed by atoms with Crippen molar-refractivity contribution in [2.75, 3.05) is 13.7 Å². The first-order valence-electron chi connectivity index (χ1n) is 5.39. The number of benzene rings is 1. The summed E-state index contributed by atoms with van der Waals surface area (Å²) in [6.07, 6.45) is 1.03. The van der Waals surface area contributed by atoms with Crippen molar-refractivity contribution < 1.29 is 9.47 Å². The molecule has 0 amide bonds. The molecule has 0 radical (unpaired) electrons. The highest BCUT2D eigenvalue weighted by atomic mass is 79.9. The molecule has 0 aliphatic rings. The van der Waals surface area contributed by atoms with Gasteiger partial charge in [-0.15, -0.1) is 0 Å². The predicted molar refractivity (Wildman–Crippen MR) is 70.3 cm³/mol. The van der Waals surface area contributed by atoms with Gasteiger partial charge in [0, 0.05) is 0 Å². The van der Waals surface area contributed by atoms with Crippen LogP contribution >= 0.6 is 15.9 Å². The van der Waals surface area contributed by atoms with Crippen molar-refractivity contribution >= 4 is 15.9 Å². The molecule has 3 heteroatoms. The summed E-state index contributed by atoms with van der Waals surface area (Å²) in [6.45, 7) is 7.35. The van der Waals surface area contributed by atoms with Crippen molar-refractivity contribution in [3.63, 3.8) is 0 Å². The highest BCUT2D eigenvalue weighted by Gasteiger charge is 2.10. The van der Waals surface area contributed by atoms with Crippen molar-refractivity contribution in [1.82, 2.24) is 0 Å². The lowest BCUT2D eigenvalue weighted by Crippen LogP contribution is -2.11. The van der Waals surface area contributed by atoms with Crippen LogP contribution in [0.5, 0.6) is 11.5 Å². The van der Waals surface area contributed by atoms with E-state index in [1.54, 1.807) is 7.11 Å². The Morgan fingerprint density at radius 1 is 1.25 bits per heavy atom. The molecule has 1 aromatic rings. The number of rotatable bonds is 4. The van der Waals surface area contributed by atoms with Gasteiger partial charge in [0.25, 0.3) is 0 Å². The third-order valence-electron chi connectivity index (χ3n) is 2.25. The summed E-state index contributed by atoms with van der Waals surface area (Å²) in [5, 5.41) is 0. The standard InChI is InChI=1S/C13H19BrO2/c1-13(2,3)7-8-16-12-6-5-10(15-4)9-11(12)14/h5-6,9H,7-8H2,1-4H3. The van der Waals surface area contributed by atoms with Gasteiger partial charge < -0.3 is 9.47 Å². The molecule has 0 bridgehead atoms. The third kappa shape index (κ3) is 4.44. The molecule has 0 aliphatic carbocycles. The number of hydrogen-bond acceptors (Lipinski definition) is 2. The van der Waals surface area contributed by atoms with E-state index in [1.165, 1.54) is 0 Å². The van der Waals surface area contributed by atoms with Crippen LogP contribution < -0.4 is 9.47 Å². The molecule has 0 aromatic heterocycles. The van der Waals surface area contributed by atoms with Gasteiger partial charge in [-0.25, -0.2) is 0 Å². The second-order valence-electron chi connectivity index (χ2n) is 4.96. The molecule has 0 aliphatic heterocycles. The van der Waals surface area contributed by atoms with Crippen LogP contribution in [0.2, 0.25) is 0 Å². The maximum atomic E-state index is 5.71. The van der Waals surface area contributed by atoms with Gasteiger partial charge in [-0.1, -0.05) is 20.8 Å². The molecule has 90 valence electrons. The van der Waals surface area contributed by atoms with E-state index in [0.29, 0.717) is 5.41 Å². The highest BCUT2D eigenvalue weighted by molar-refractivity contribution is 9.10. The Morgan fingerprint density at radius 3 is 2.44 bits per heavy atom. The minimum Gasteiger partial charge on any atom is -0.497 e. The molecule has 0 heterocycles. The molecule has 1 rings (SSSR count). The largest absolute Gasteiger partial charge is 0.497 e. The van der Waals surface area contributed by atoms with Gasteiger partial charge in [0.1, 0.15) is 11.5 Å². The average molecular weight is 287 g/mol. The second-order valence-corrected chi connectivity index (χ2v) is 5.81. The maximum Gasteiger partial charge on any atom is 0.133 e. The lowest BCUT2D eigenvalue weighted by Gasteiger charge is -2.18. The first-order valence-corrected chi connectivity index (χ1v) is 6.18. The van der Waals surface area contributed by atoms with Crippen LogP contribution in [0.4, 0.5) is 0 Å². The molecular formula is C13H19BrO2. The molecule has 0 fully saturated rings. The smallest absolute Gasteiger partial charge is 0.133 e. The van der Waals surface area contributed by atoms with Crippen molar-refractivity contribution in [1.29, 1.82) is 0 Å². The van der Waals surface area contributed by atoms with E-state index >= 15 is 0 Å². The van der Waals surface area contributed by atoms with Gasteiger partial charge in [0.05, 0.1) is 18.2 Å². The lowest BCUT2D eigenvalue weighted by atomic mass is 9.93. The summed E-state index contributed by atoms with van der Waals surface area (Å²) in [5.74, 6) is 1.69. The minimum atomic E-state index is 0.305. The molecule has 0 saturated carbocycles. The molecule has 1 aromatic carbocycles. The van der Waals surface area contributed by atoms with Crippen molar-refractivity contribution in [3.05, 3.63) is 22.7 Å². The van der Waals surface area contributed by atoms with E-state index in [0.717, 1.165) is 29.0 Å². The van der Waals surface area contributed by atoms with Gasteiger partial charge >= 0.3 is 0 Å². The molecule has 2 nitrogen and oxygen atoms in total. The van der Waals surface area contributed by atoms with Crippen LogP contribution in [0.15, 0.2) is 22.7 Å². The van der Waals surface area contributed by atoms with Gasteiger partial charge in [0.2, 0.25) is 0 Å². The second kappa shape index (κ2) is 5.58. The SMILES string of the molecule is COc1ccc(OCCC(C)(C)C)c(Br)c1. The van der Waals surface area contributed by atoms with E-state index in [4.69, 9.17) is 9.47 Å². The molecule has 0 saturated heterocycles. The fraction of sp³-hybridized carbons (Fsp3) is 0.538.